The summed E-state index contributed by atoms with van der Waals surface area (Å²) >= 11 is 7.03. The van der Waals surface area contributed by atoms with Crippen LogP contribution in [0.4, 0.5) is 15.2 Å². The minimum atomic E-state index is -0.309. The Hall–Kier alpha value is -2.78. The predicted octanol–water partition coefficient (Wildman–Crippen LogP) is 5.00. The van der Waals surface area contributed by atoms with Gasteiger partial charge in [0.15, 0.2) is 10.9 Å². The lowest BCUT2D eigenvalue weighted by Crippen LogP contribution is -2.21. The highest BCUT2D eigenvalue weighted by atomic mass is 32.1. The lowest BCUT2D eigenvalue weighted by Gasteiger charge is -2.12. The van der Waals surface area contributed by atoms with Crippen molar-refractivity contribution < 1.29 is 13.9 Å². The van der Waals surface area contributed by atoms with Crippen molar-refractivity contribution in [3.8, 4) is 0 Å². The van der Waals surface area contributed by atoms with Crippen molar-refractivity contribution in [2.45, 2.75) is 39.2 Å². The Morgan fingerprint density at radius 3 is 2.77 bits per heavy atom. The maximum absolute atomic E-state index is 13.1. The molecule has 0 fully saturated rings. The third-order valence-electron chi connectivity index (χ3n) is 5.02. The van der Waals surface area contributed by atoms with Gasteiger partial charge >= 0.3 is 5.97 Å². The number of carbonyl (C=O) groups is 1. The molecule has 0 bridgehead atoms. The molecule has 4 rings (SSSR count). The van der Waals surface area contributed by atoms with Crippen molar-refractivity contribution in [2.75, 3.05) is 17.2 Å². The summed E-state index contributed by atoms with van der Waals surface area (Å²) in [7, 11) is 0. The first kappa shape index (κ1) is 21.5. The number of thiophene rings is 1. The van der Waals surface area contributed by atoms with Gasteiger partial charge in [0.25, 0.3) is 0 Å². The van der Waals surface area contributed by atoms with Gasteiger partial charge in [-0.2, -0.15) is 5.10 Å². The minimum Gasteiger partial charge on any atom is -0.462 e. The van der Waals surface area contributed by atoms with Crippen LogP contribution < -0.4 is 10.6 Å². The van der Waals surface area contributed by atoms with Crippen LogP contribution in [0.5, 0.6) is 0 Å². The van der Waals surface area contributed by atoms with E-state index in [1.807, 2.05) is 12.3 Å². The number of esters is 1. The minimum absolute atomic E-state index is 0.263. The summed E-state index contributed by atoms with van der Waals surface area (Å²) in [5.74, 6) is 0.00910. The lowest BCUT2D eigenvalue weighted by molar-refractivity contribution is 0.0526. The van der Waals surface area contributed by atoms with Gasteiger partial charge in [0, 0.05) is 17.1 Å². The van der Waals surface area contributed by atoms with Gasteiger partial charge in [0.05, 0.1) is 18.7 Å². The Balaban J connectivity index is 1.44. The second-order valence-electron chi connectivity index (χ2n) is 7.24. The normalized spacial score (nSPS) is 12.8. The van der Waals surface area contributed by atoms with Crippen LogP contribution in [0.2, 0.25) is 0 Å². The first-order valence-corrected chi connectivity index (χ1v) is 11.4. The number of aryl methyl sites for hydroxylation is 1. The molecular weight excluding hydrogens is 435 g/mol. The maximum atomic E-state index is 13.1. The first-order chi connectivity index (χ1) is 15.0. The van der Waals surface area contributed by atoms with E-state index in [1.165, 1.54) is 17.0 Å². The fourth-order valence-electron chi connectivity index (χ4n) is 3.62. The fraction of sp³-hybridized carbons (Fsp3) is 0.318. The Kier molecular flexibility index (Phi) is 6.62. The number of thiocarbonyl (C=S) groups is 1. The van der Waals surface area contributed by atoms with E-state index < -0.39 is 0 Å². The van der Waals surface area contributed by atoms with Crippen molar-refractivity contribution >= 4 is 45.5 Å². The number of ether oxygens (including phenoxy) is 1. The van der Waals surface area contributed by atoms with E-state index in [9.17, 15) is 9.18 Å². The average Bonchev–Trinajstić information content (AvgIpc) is 3.33. The number of anilines is 2. The van der Waals surface area contributed by atoms with Crippen LogP contribution in [0, 0.1) is 5.82 Å². The Morgan fingerprint density at radius 1 is 1.23 bits per heavy atom. The molecule has 0 amide bonds. The van der Waals surface area contributed by atoms with Crippen LogP contribution in [-0.4, -0.2) is 27.5 Å². The highest BCUT2D eigenvalue weighted by Crippen LogP contribution is 2.38. The lowest BCUT2D eigenvalue weighted by atomic mass is 9.95. The van der Waals surface area contributed by atoms with E-state index in [0.717, 1.165) is 36.8 Å². The molecule has 0 saturated carbocycles. The molecule has 2 N–H and O–H groups in total. The van der Waals surface area contributed by atoms with Gasteiger partial charge in [-0.3, -0.25) is 4.68 Å². The molecule has 6 nitrogen and oxygen atoms in total. The van der Waals surface area contributed by atoms with Crippen LogP contribution >= 0.6 is 23.6 Å². The SMILES string of the molecule is CCOC(=O)c1c(NC(=S)Nc2ccn(Cc3ccc(F)cc3)n2)sc2c1CCCC2. The molecular formula is C22H23FN4O2S2. The van der Waals surface area contributed by atoms with E-state index >= 15 is 0 Å². The summed E-state index contributed by atoms with van der Waals surface area (Å²) in [6.07, 6.45) is 5.88. The largest absolute Gasteiger partial charge is 0.462 e. The number of hydrogen-bond acceptors (Lipinski definition) is 5. The molecule has 1 aromatic carbocycles. The summed E-state index contributed by atoms with van der Waals surface area (Å²) in [6, 6.07) is 8.12. The summed E-state index contributed by atoms with van der Waals surface area (Å²) < 4.78 is 20.1. The molecule has 0 atom stereocenters. The highest BCUT2D eigenvalue weighted by molar-refractivity contribution is 7.80. The first-order valence-electron chi connectivity index (χ1n) is 10.2. The van der Waals surface area contributed by atoms with Crippen LogP contribution in [0.1, 0.15) is 46.1 Å². The second-order valence-corrected chi connectivity index (χ2v) is 8.75. The zero-order valence-electron chi connectivity index (χ0n) is 17.1. The zero-order chi connectivity index (χ0) is 21.8. The van der Waals surface area contributed by atoms with Crippen LogP contribution in [0.3, 0.4) is 0 Å². The van der Waals surface area contributed by atoms with Crippen molar-refractivity contribution in [3.05, 3.63) is 63.9 Å². The molecule has 0 saturated heterocycles. The van der Waals surface area contributed by atoms with Crippen molar-refractivity contribution in [2.24, 2.45) is 0 Å². The second kappa shape index (κ2) is 9.57. The van der Waals surface area contributed by atoms with Gasteiger partial charge in [0.2, 0.25) is 0 Å². The van der Waals surface area contributed by atoms with Crippen molar-refractivity contribution in [1.82, 2.24) is 9.78 Å². The number of hydrogen-bond donors (Lipinski definition) is 2. The van der Waals surface area contributed by atoms with E-state index in [2.05, 4.69) is 15.7 Å². The molecule has 0 radical (unpaired) electrons. The number of fused-ring (bicyclic) bond motifs is 1. The monoisotopic (exact) mass is 458 g/mol. The standard InChI is InChI=1S/C22H23FN4O2S2/c1-2-29-21(28)19-16-5-3-4-6-17(16)31-20(19)25-22(30)24-18-11-12-27(26-18)13-14-7-9-15(23)10-8-14/h7-12H,2-6,13H2,1H3,(H2,24,25,26,30). The number of benzene rings is 1. The molecule has 162 valence electrons. The number of nitrogens with zero attached hydrogens (tertiary/aromatic N) is 2. The van der Waals surface area contributed by atoms with Crippen molar-refractivity contribution in [1.29, 1.82) is 0 Å². The number of nitrogens with one attached hydrogen (secondary N) is 2. The number of aromatic nitrogens is 2. The third kappa shape index (κ3) is 5.11. The number of carbonyl (C=O) groups excluding carboxylic acids is 1. The number of halogens is 1. The molecule has 31 heavy (non-hydrogen) atoms. The fourth-order valence-corrected chi connectivity index (χ4v) is 5.17. The Bertz CT molecular complexity index is 1090. The van der Waals surface area contributed by atoms with Gasteiger partial charge in [-0.1, -0.05) is 12.1 Å². The van der Waals surface area contributed by atoms with Crippen molar-refractivity contribution in [3.63, 3.8) is 0 Å². The maximum Gasteiger partial charge on any atom is 0.341 e. The molecule has 0 unspecified atom stereocenters. The van der Waals surface area contributed by atoms with Gasteiger partial charge in [0.1, 0.15) is 10.8 Å². The van der Waals surface area contributed by atoms with Crippen LogP contribution in [-0.2, 0) is 24.1 Å². The quantitative estimate of drug-likeness (QED) is 0.400. The van der Waals surface area contributed by atoms with Gasteiger partial charge in [-0.25, -0.2) is 9.18 Å². The van der Waals surface area contributed by atoms with E-state index in [4.69, 9.17) is 17.0 Å². The highest BCUT2D eigenvalue weighted by Gasteiger charge is 2.26. The average molecular weight is 459 g/mol. The molecule has 1 aliphatic carbocycles. The molecule has 1 aliphatic rings. The Morgan fingerprint density at radius 2 is 2.00 bits per heavy atom. The topological polar surface area (TPSA) is 68.2 Å². The van der Waals surface area contributed by atoms with Gasteiger partial charge in [-0.05, 0) is 68.1 Å². The van der Waals surface area contributed by atoms with Gasteiger partial charge < -0.3 is 15.4 Å². The molecule has 9 heteroatoms. The summed E-state index contributed by atoms with van der Waals surface area (Å²) in [6.45, 7) is 2.65. The zero-order valence-corrected chi connectivity index (χ0v) is 18.7. The number of rotatable bonds is 6. The summed E-state index contributed by atoms with van der Waals surface area (Å²) in [5, 5.41) is 11.8. The molecule has 2 aromatic heterocycles. The summed E-state index contributed by atoms with van der Waals surface area (Å²) in [4.78, 5) is 13.8. The Labute approximate surface area is 189 Å². The van der Waals surface area contributed by atoms with E-state index in [-0.39, 0.29) is 11.8 Å². The smallest absolute Gasteiger partial charge is 0.341 e. The van der Waals surface area contributed by atoms with E-state index in [1.54, 1.807) is 35.1 Å². The third-order valence-corrected chi connectivity index (χ3v) is 6.43. The molecule has 0 spiro atoms. The predicted molar refractivity (Wildman–Crippen MR) is 124 cm³/mol. The van der Waals surface area contributed by atoms with Crippen LogP contribution in [0.25, 0.3) is 0 Å². The van der Waals surface area contributed by atoms with Crippen LogP contribution in [0.15, 0.2) is 36.5 Å². The molecule has 3 aromatic rings. The van der Waals surface area contributed by atoms with Gasteiger partial charge in [-0.15, -0.1) is 11.3 Å². The molecule has 0 aliphatic heterocycles. The molecule has 2 heterocycles. The van der Waals surface area contributed by atoms with E-state index in [0.29, 0.717) is 34.6 Å². The summed E-state index contributed by atoms with van der Waals surface area (Å²) in [5.41, 5.74) is 2.64.